The van der Waals surface area contributed by atoms with Crippen LogP contribution in [0.1, 0.15) is 25.3 Å². The van der Waals surface area contributed by atoms with Crippen molar-refractivity contribution in [2.75, 3.05) is 11.9 Å². The summed E-state index contributed by atoms with van der Waals surface area (Å²) in [4.78, 5) is 11.8. The van der Waals surface area contributed by atoms with Crippen molar-refractivity contribution >= 4 is 11.7 Å². The topological polar surface area (TPSA) is 50.4 Å². The van der Waals surface area contributed by atoms with Gasteiger partial charge in [-0.2, -0.15) is 13.2 Å². The van der Waals surface area contributed by atoms with Crippen molar-refractivity contribution in [1.82, 2.24) is 5.32 Å². The number of anilines is 1. The highest BCUT2D eigenvalue weighted by atomic mass is 19.4. The van der Waals surface area contributed by atoms with E-state index >= 15 is 0 Å². The molecular weight excluding hydrogens is 285 g/mol. The Morgan fingerprint density at radius 3 is 2.71 bits per heavy atom. The molecule has 7 heteroatoms. The number of hydrogen-bond acceptors (Lipinski definition) is 2. The Balaban J connectivity index is 1.99. The van der Waals surface area contributed by atoms with E-state index in [-0.39, 0.29) is 17.8 Å². The van der Waals surface area contributed by atoms with Crippen LogP contribution in [0.2, 0.25) is 0 Å². The number of benzene rings is 1. The third-order valence-electron chi connectivity index (χ3n) is 3.36. The lowest BCUT2D eigenvalue weighted by atomic mass is 10.1. The molecule has 0 aliphatic carbocycles. The lowest BCUT2D eigenvalue weighted by molar-refractivity contribution is -0.136. The van der Waals surface area contributed by atoms with E-state index in [1.807, 2.05) is 0 Å². The third-order valence-corrected chi connectivity index (χ3v) is 3.36. The minimum absolute atomic E-state index is 0.0893. The maximum Gasteiger partial charge on any atom is 0.418 e. The molecule has 1 aromatic carbocycles. The summed E-state index contributed by atoms with van der Waals surface area (Å²) in [5, 5.41) is 4.85. The molecule has 1 fully saturated rings. The van der Waals surface area contributed by atoms with Crippen molar-refractivity contribution < 1.29 is 22.7 Å². The quantitative estimate of drug-likeness (QED) is 0.899. The van der Waals surface area contributed by atoms with E-state index in [9.17, 15) is 18.0 Å². The van der Waals surface area contributed by atoms with Crippen LogP contribution in [0.3, 0.4) is 0 Å². The van der Waals surface area contributed by atoms with Gasteiger partial charge in [-0.1, -0.05) is 12.1 Å². The summed E-state index contributed by atoms with van der Waals surface area (Å²) in [7, 11) is 0. The molecule has 1 aromatic rings. The van der Waals surface area contributed by atoms with Crippen LogP contribution in [-0.4, -0.2) is 24.8 Å². The van der Waals surface area contributed by atoms with Crippen molar-refractivity contribution in [3.05, 3.63) is 29.8 Å². The van der Waals surface area contributed by atoms with Crippen LogP contribution >= 0.6 is 0 Å². The Kier molecular flexibility index (Phi) is 4.72. The zero-order valence-corrected chi connectivity index (χ0v) is 11.5. The number of hydrogen-bond donors (Lipinski definition) is 2. The van der Waals surface area contributed by atoms with Crippen LogP contribution in [0.15, 0.2) is 24.3 Å². The van der Waals surface area contributed by atoms with Crippen molar-refractivity contribution in [3.63, 3.8) is 0 Å². The van der Waals surface area contributed by atoms with Gasteiger partial charge in [0.2, 0.25) is 0 Å². The second-order valence-corrected chi connectivity index (χ2v) is 4.98. The largest absolute Gasteiger partial charge is 0.418 e. The number of halogens is 3. The van der Waals surface area contributed by atoms with E-state index in [4.69, 9.17) is 4.74 Å². The highest BCUT2D eigenvalue weighted by molar-refractivity contribution is 5.90. The number of para-hydroxylation sites is 1. The fourth-order valence-corrected chi connectivity index (χ4v) is 2.29. The molecule has 2 amide bonds. The molecule has 116 valence electrons. The van der Waals surface area contributed by atoms with E-state index in [0.29, 0.717) is 6.61 Å². The van der Waals surface area contributed by atoms with Crippen LogP contribution < -0.4 is 10.6 Å². The first kappa shape index (κ1) is 15.6. The van der Waals surface area contributed by atoms with Crippen molar-refractivity contribution in [3.8, 4) is 0 Å². The summed E-state index contributed by atoms with van der Waals surface area (Å²) < 4.78 is 43.9. The van der Waals surface area contributed by atoms with Crippen LogP contribution in [0.25, 0.3) is 0 Å². The number of nitrogens with one attached hydrogen (secondary N) is 2. The summed E-state index contributed by atoms with van der Waals surface area (Å²) in [5.74, 6) is 0. The predicted octanol–water partition coefficient (Wildman–Crippen LogP) is 3.39. The molecule has 0 radical (unpaired) electrons. The third kappa shape index (κ3) is 4.10. The van der Waals surface area contributed by atoms with E-state index in [2.05, 4.69) is 10.6 Å². The molecule has 21 heavy (non-hydrogen) atoms. The molecule has 1 heterocycles. The average Bonchev–Trinajstić information content (AvgIpc) is 2.91. The van der Waals surface area contributed by atoms with Gasteiger partial charge >= 0.3 is 12.2 Å². The van der Waals surface area contributed by atoms with Crippen LogP contribution in [0.5, 0.6) is 0 Å². The normalized spacial score (nSPS) is 20.1. The standard InChI is InChI=1S/C14H17F3N2O2/c1-9(12-7-4-8-21-12)18-13(20)19-11-6-3-2-5-10(11)14(15,16)17/h2-3,5-6,9,12H,4,7-8H2,1H3,(H2,18,19,20)/t9-,12-/m0/s1. The van der Waals surface area contributed by atoms with Crippen molar-refractivity contribution in [1.29, 1.82) is 0 Å². The second kappa shape index (κ2) is 6.34. The molecule has 0 aromatic heterocycles. The summed E-state index contributed by atoms with van der Waals surface area (Å²) in [6, 6.07) is 3.94. The van der Waals surface area contributed by atoms with Crippen molar-refractivity contribution in [2.45, 2.75) is 38.1 Å². The molecule has 4 nitrogen and oxygen atoms in total. The number of ether oxygens (including phenoxy) is 1. The summed E-state index contributed by atoms with van der Waals surface area (Å²) in [5.41, 5.74) is -1.13. The first-order valence-corrected chi connectivity index (χ1v) is 6.73. The lowest BCUT2D eigenvalue weighted by Crippen LogP contribution is -2.43. The molecule has 0 bridgehead atoms. The summed E-state index contributed by atoms with van der Waals surface area (Å²) >= 11 is 0. The van der Waals surface area contributed by atoms with E-state index < -0.39 is 17.8 Å². The zero-order valence-electron chi connectivity index (χ0n) is 11.5. The molecule has 0 saturated carbocycles. The fraction of sp³-hybridized carbons (Fsp3) is 0.500. The van der Waals surface area contributed by atoms with Gasteiger partial charge in [-0.05, 0) is 31.9 Å². The van der Waals surface area contributed by atoms with Gasteiger partial charge in [-0.3, -0.25) is 0 Å². The average molecular weight is 302 g/mol. The molecule has 2 N–H and O–H groups in total. The number of rotatable bonds is 3. The summed E-state index contributed by atoms with van der Waals surface area (Å²) in [6.07, 6.45) is -2.84. The van der Waals surface area contributed by atoms with Gasteiger partial charge in [0.15, 0.2) is 0 Å². The van der Waals surface area contributed by atoms with Gasteiger partial charge in [-0.15, -0.1) is 0 Å². The minimum Gasteiger partial charge on any atom is -0.376 e. The smallest absolute Gasteiger partial charge is 0.376 e. The van der Waals surface area contributed by atoms with Gasteiger partial charge in [0.05, 0.1) is 23.4 Å². The minimum atomic E-state index is -4.51. The van der Waals surface area contributed by atoms with Crippen LogP contribution in [-0.2, 0) is 10.9 Å². The molecule has 0 spiro atoms. The Labute approximate surface area is 120 Å². The van der Waals surface area contributed by atoms with Crippen LogP contribution in [0, 0.1) is 0 Å². The Hall–Kier alpha value is -1.76. The van der Waals surface area contributed by atoms with Gasteiger partial charge < -0.3 is 15.4 Å². The highest BCUT2D eigenvalue weighted by Crippen LogP contribution is 2.34. The Bertz CT molecular complexity index is 499. The first-order chi connectivity index (χ1) is 9.88. The highest BCUT2D eigenvalue weighted by Gasteiger charge is 2.33. The number of alkyl halides is 3. The van der Waals surface area contributed by atoms with Crippen molar-refractivity contribution in [2.24, 2.45) is 0 Å². The molecule has 1 saturated heterocycles. The predicted molar refractivity (Wildman–Crippen MR) is 72.0 cm³/mol. The number of carbonyl (C=O) groups excluding carboxylic acids is 1. The van der Waals surface area contributed by atoms with E-state index in [1.54, 1.807) is 6.92 Å². The monoisotopic (exact) mass is 302 g/mol. The Morgan fingerprint density at radius 2 is 2.10 bits per heavy atom. The molecule has 0 unspecified atom stereocenters. The number of carbonyl (C=O) groups is 1. The molecule has 2 rings (SSSR count). The van der Waals surface area contributed by atoms with E-state index in [0.717, 1.165) is 18.9 Å². The van der Waals surface area contributed by atoms with Gasteiger partial charge in [0.1, 0.15) is 0 Å². The maximum atomic E-state index is 12.8. The van der Waals surface area contributed by atoms with E-state index in [1.165, 1.54) is 18.2 Å². The SMILES string of the molecule is C[C@H](NC(=O)Nc1ccccc1C(F)(F)F)[C@@H]1CCCO1. The second-order valence-electron chi connectivity index (χ2n) is 4.98. The molecule has 2 atom stereocenters. The molecule has 1 aliphatic heterocycles. The van der Waals surface area contributed by atoms with Crippen LogP contribution in [0.4, 0.5) is 23.7 Å². The van der Waals surface area contributed by atoms with Gasteiger partial charge in [0, 0.05) is 6.61 Å². The lowest BCUT2D eigenvalue weighted by Gasteiger charge is -2.21. The van der Waals surface area contributed by atoms with Gasteiger partial charge in [-0.25, -0.2) is 4.79 Å². The Morgan fingerprint density at radius 1 is 1.38 bits per heavy atom. The molecular formula is C14H17F3N2O2. The van der Waals surface area contributed by atoms with Gasteiger partial charge in [0.25, 0.3) is 0 Å². The number of urea groups is 1. The first-order valence-electron chi connectivity index (χ1n) is 6.73. The fourth-order valence-electron chi connectivity index (χ4n) is 2.29. The summed E-state index contributed by atoms with van der Waals surface area (Å²) in [6.45, 7) is 2.42. The maximum absolute atomic E-state index is 12.8. The molecule has 1 aliphatic rings. The number of amides is 2. The zero-order chi connectivity index (χ0) is 15.5.